The molecule has 0 aromatic carbocycles. The largest absolute Gasteiger partial charge is 0.466 e. The fraction of sp³-hybridized carbons (Fsp3) is 0.714. The second-order valence-electron chi connectivity index (χ2n) is 3.35. The van der Waals surface area contributed by atoms with Crippen molar-refractivity contribution >= 4 is 0 Å². The van der Waals surface area contributed by atoms with Gasteiger partial charge in [0.15, 0.2) is 0 Å². The Morgan fingerprint density at radius 1 is 1.45 bits per heavy atom. The van der Waals surface area contributed by atoms with Crippen LogP contribution >= 0.6 is 0 Å². The van der Waals surface area contributed by atoms with Crippen LogP contribution < -0.4 is 4.74 Å². The molecule has 0 aliphatic heterocycles. The van der Waals surface area contributed by atoms with Crippen LogP contribution in [-0.2, 0) is 5.54 Å². The molecule has 0 fully saturated rings. The summed E-state index contributed by atoms with van der Waals surface area (Å²) in [6.07, 6.45) is 1.67. The van der Waals surface area contributed by atoms with Crippen LogP contribution in [0.4, 0.5) is 0 Å². The number of hydrogen-bond acceptors (Lipinski definition) is 3. The van der Waals surface area contributed by atoms with Crippen molar-refractivity contribution in [2.24, 2.45) is 0 Å². The summed E-state index contributed by atoms with van der Waals surface area (Å²) in [6, 6.07) is 0.417. The Morgan fingerprint density at radius 3 is 2.36 bits per heavy atom. The third kappa shape index (κ3) is 1.69. The summed E-state index contributed by atoms with van der Waals surface area (Å²) < 4.78 is 6.62. The zero-order valence-corrected chi connectivity index (χ0v) is 7.33. The first-order valence-corrected chi connectivity index (χ1v) is 3.50. The molecule has 1 rings (SSSR count). The quantitative estimate of drug-likeness (QED) is 0.608. The van der Waals surface area contributed by atoms with E-state index in [0.29, 0.717) is 6.01 Å². The van der Waals surface area contributed by atoms with Gasteiger partial charge in [0.25, 0.3) is 0 Å². The standard InChI is InChI=1S/C7H13N3O/c1-7(2,3)10-5-8-6(9-10)11-4/h5H,1-4H3. The molecule has 0 spiro atoms. The molecular formula is C7H13N3O. The van der Waals surface area contributed by atoms with E-state index in [1.165, 1.54) is 0 Å². The smallest absolute Gasteiger partial charge is 0.335 e. The van der Waals surface area contributed by atoms with Crippen molar-refractivity contribution < 1.29 is 4.74 Å². The third-order valence-electron chi connectivity index (χ3n) is 1.34. The molecule has 1 aromatic rings. The number of nitrogens with zero attached hydrogens (tertiary/aromatic N) is 3. The number of methoxy groups -OCH3 is 1. The lowest BCUT2D eigenvalue weighted by atomic mass is 10.1. The fourth-order valence-electron chi connectivity index (χ4n) is 0.665. The molecule has 0 unspecified atom stereocenters. The molecule has 0 radical (unpaired) electrons. The van der Waals surface area contributed by atoms with E-state index >= 15 is 0 Å². The maximum atomic E-state index is 4.85. The lowest BCUT2D eigenvalue weighted by Gasteiger charge is -2.17. The van der Waals surface area contributed by atoms with Crippen LogP contribution in [0.25, 0.3) is 0 Å². The van der Waals surface area contributed by atoms with E-state index < -0.39 is 0 Å². The van der Waals surface area contributed by atoms with E-state index in [9.17, 15) is 0 Å². The van der Waals surface area contributed by atoms with Crippen molar-refractivity contribution in [1.29, 1.82) is 0 Å². The molecule has 62 valence electrons. The molecular weight excluding hydrogens is 142 g/mol. The van der Waals surface area contributed by atoms with Crippen LogP contribution in [0, 0.1) is 0 Å². The van der Waals surface area contributed by atoms with Gasteiger partial charge in [-0.2, -0.15) is 4.98 Å². The minimum atomic E-state index is -0.0240. The van der Waals surface area contributed by atoms with Gasteiger partial charge in [-0.1, -0.05) is 0 Å². The SMILES string of the molecule is COc1ncn(C(C)(C)C)n1. The predicted molar refractivity (Wildman–Crippen MR) is 41.6 cm³/mol. The van der Waals surface area contributed by atoms with Crippen LogP contribution in [0.15, 0.2) is 6.33 Å². The Hall–Kier alpha value is -1.06. The van der Waals surface area contributed by atoms with Gasteiger partial charge >= 0.3 is 6.01 Å². The minimum absolute atomic E-state index is 0.0240. The van der Waals surface area contributed by atoms with Crippen molar-refractivity contribution in [3.63, 3.8) is 0 Å². The molecule has 11 heavy (non-hydrogen) atoms. The fourth-order valence-corrected chi connectivity index (χ4v) is 0.665. The van der Waals surface area contributed by atoms with Crippen LogP contribution in [0.3, 0.4) is 0 Å². The van der Waals surface area contributed by atoms with E-state index in [4.69, 9.17) is 4.74 Å². The van der Waals surface area contributed by atoms with E-state index in [2.05, 4.69) is 30.9 Å². The first kappa shape index (κ1) is 8.04. The highest BCUT2D eigenvalue weighted by molar-refractivity contribution is 4.89. The highest BCUT2D eigenvalue weighted by atomic mass is 16.5. The Bertz CT molecular complexity index is 236. The molecule has 4 heteroatoms. The number of hydrogen-bond donors (Lipinski definition) is 0. The summed E-state index contributed by atoms with van der Waals surface area (Å²) in [5, 5.41) is 4.08. The first-order chi connectivity index (χ1) is 5.04. The van der Waals surface area contributed by atoms with E-state index in [1.807, 2.05) is 0 Å². The van der Waals surface area contributed by atoms with E-state index in [0.717, 1.165) is 0 Å². The molecule has 4 nitrogen and oxygen atoms in total. The average molecular weight is 155 g/mol. The Morgan fingerprint density at radius 2 is 2.09 bits per heavy atom. The lowest BCUT2D eigenvalue weighted by molar-refractivity contribution is 0.328. The molecule has 0 saturated heterocycles. The second kappa shape index (κ2) is 2.53. The van der Waals surface area contributed by atoms with Crippen molar-refractivity contribution in [2.75, 3.05) is 7.11 Å². The van der Waals surface area contributed by atoms with Gasteiger partial charge in [-0.3, -0.25) is 0 Å². The molecule has 0 aliphatic carbocycles. The molecule has 0 atom stereocenters. The summed E-state index contributed by atoms with van der Waals surface area (Å²) in [5.41, 5.74) is -0.0240. The van der Waals surface area contributed by atoms with Crippen LogP contribution in [0.5, 0.6) is 6.01 Å². The van der Waals surface area contributed by atoms with Gasteiger partial charge in [-0.05, 0) is 20.8 Å². The maximum absolute atomic E-state index is 4.85. The zero-order chi connectivity index (χ0) is 8.48. The molecule has 0 aliphatic rings. The first-order valence-electron chi connectivity index (χ1n) is 3.50. The normalized spacial score (nSPS) is 11.6. The van der Waals surface area contributed by atoms with Crippen LogP contribution in [-0.4, -0.2) is 21.9 Å². The summed E-state index contributed by atoms with van der Waals surface area (Å²) in [5.74, 6) is 0. The second-order valence-corrected chi connectivity index (χ2v) is 3.35. The summed E-state index contributed by atoms with van der Waals surface area (Å²) in [4.78, 5) is 3.93. The monoisotopic (exact) mass is 155 g/mol. The summed E-state index contributed by atoms with van der Waals surface area (Å²) in [6.45, 7) is 6.17. The van der Waals surface area contributed by atoms with E-state index in [-0.39, 0.29) is 5.54 Å². The van der Waals surface area contributed by atoms with Crippen molar-refractivity contribution in [1.82, 2.24) is 14.8 Å². The van der Waals surface area contributed by atoms with Crippen molar-refractivity contribution in [3.8, 4) is 6.01 Å². The molecule has 0 saturated carbocycles. The van der Waals surface area contributed by atoms with Gasteiger partial charge < -0.3 is 4.74 Å². The van der Waals surface area contributed by atoms with E-state index in [1.54, 1.807) is 18.1 Å². The molecule has 0 N–H and O–H groups in total. The predicted octanol–water partition coefficient (Wildman–Crippen LogP) is 1.04. The minimum Gasteiger partial charge on any atom is -0.466 e. The Labute approximate surface area is 66.2 Å². The maximum Gasteiger partial charge on any atom is 0.335 e. The van der Waals surface area contributed by atoms with Gasteiger partial charge in [0.1, 0.15) is 6.33 Å². The van der Waals surface area contributed by atoms with Gasteiger partial charge in [-0.25, -0.2) is 4.68 Å². The number of aromatic nitrogens is 3. The van der Waals surface area contributed by atoms with Gasteiger partial charge in [0.2, 0.25) is 0 Å². The Kier molecular flexibility index (Phi) is 1.85. The van der Waals surface area contributed by atoms with Gasteiger partial charge in [0.05, 0.1) is 12.6 Å². The number of ether oxygens (including phenoxy) is 1. The zero-order valence-electron chi connectivity index (χ0n) is 7.33. The van der Waals surface area contributed by atoms with Crippen molar-refractivity contribution in [3.05, 3.63) is 6.33 Å². The van der Waals surface area contributed by atoms with Crippen LogP contribution in [0.2, 0.25) is 0 Å². The lowest BCUT2D eigenvalue weighted by Crippen LogP contribution is -2.22. The Balaban J connectivity index is 2.89. The highest BCUT2D eigenvalue weighted by Crippen LogP contribution is 2.12. The topological polar surface area (TPSA) is 39.9 Å². The third-order valence-corrected chi connectivity index (χ3v) is 1.34. The van der Waals surface area contributed by atoms with Gasteiger partial charge in [-0.15, -0.1) is 5.10 Å². The average Bonchev–Trinajstić information content (AvgIpc) is 2.32. The summed E-state index contributed by atoms with van der Waals surface area (Å²) in [7, 11) is 1.56. The number of rotatable bonds is 1. The van der Waals surface area contributed by atoms with Gasteiger partial charge in [0, 0.05) is 0 Å². The van der Waals surface area contributed by atoms with Crippen molar-refractivity contribution in [2.45, 2.75) is 26.3 Å². The summed E-state index contributed by atoms with van der Waals surface area (Å²) >= 11 is 0. The van der Waals surface area contributed by atoms with Crippen LogP contribution in [0.1, 0.15) is 20.8 Å². The molecule has 1 aromatic heterocycles. The highest BCUT2D eigenvalue weighted by Gasteiger charge is 2.14. The molecule has 0 bridgehead atoms. The molecule has 0 amide bonds. The molecule has 1 heterocycles.